The fourth-order valence-corrected chi connectivity index (χ4v) is 5.20. The molecule has 3 heterocycles. The van der Waals surface area contributed by atoms with Crippen LogP contribution in [-0.2, 0) is 14.2 Å². The molecule has 3 aliphatic rings. The summed E-state index contributed by atoms with van der Waals surface area (Å²) < 4.78 is 33.1. The van der Waals surface area contributed by atoms with Crippen molar-refractivity contribution in [3.63, 3.8) is 0 Å². The summed E-state index contributed by atoms with van der Waals surface area (Å²) in [7, 11) is 1.39. The van der Waals surface area contributed by atoms with Crippen molar-refractivity contribution in [3.05, 3.63) is 41.5 Å². The molecule has 2 aromatic carbocycles. The molecule has 8 N–H and O–H groups in total. The Morgan fingerprint density at radius 1 is 0.837 bits per heavy atom. The molecule has 2 aromatic rings. The van der Waals surface area contributed by atoms with Crippen LogP contribution in [0.15, 0.2) is 30.3 Å². The number of ketones is 1. The Hall–Kier alpha value is -3.25. The van der Waals surface area contributed by atoms with Gasteiger partial charge in [0.05, 0.1) is 26.2 Å². The fraction of sp³-hybridized carbons (Fsp3) is 0.536. The average molecular weight is 611 g/mol. The van der Waals surface area contributed by atoms with Crippen LogP contribution in [0, 0.1) is 0 Å². The Labute approximate surface area is 245 Å². The van der Waals surface area contributed by atoms with Crippen LogP contribution < -0.4 is 14.2 Å². The third kappa shape index (κ3) is 6.08. The Balaban J connectivity index is 1.30. The van der Waals surface area contributed by atoms with Crippen molar-refractivity contribution in [2.24, 2.45) is 0 Å². The van der Waals surface area contributed by atoms with Gasteiger partial charge in [0.25, 0.3) is 0 Å². The molecule has 0 amide bonds. The van der Waals surface area contributed by atoms with Gasteiger partial charge in [0.15, 0.2) is 23.6 Å². The number of Topliss-reactive ketones (excluding diaryl/α,β-unsaturated/α-hetero) is 1. The van der Waals surface area contributed by atoms with Crippen LogP contribution in [0.2, 0.25) is 0 Å². The molecule has 0 saturated carbocycles. The van der Waals surface area contributed by atoms with Gasteiger partial charge < -0.3 is 69.3 Å². The van der Waals surface area contributed by atoms with Gasteiger partial charge in [-0.3, -0.25) is 4.79 Å². The predicted octanol–water partition coefficient (Wildman–Crippen LogP) is -1.16. The van der Waals surface area contributed by atoms with Crippen LogP contribution >= 0.6 is 0 Å². The van der Waals surface area contributed by atoms with Gasteiger partial charge in [-0.2, -0.15) is 0 Å². The van der Waals surface area contributed by atoms with Crippen LogP contribution in [0.25, 0.3) is 0 Å². The molecule has 236 valence electrons. The molecule has 0 radical (unpaired) electrons. The standard InChI is InChI=1S/C28H34O15/c1-10-21(32)23(34)25(36)27(40-10)39-9-19-22(33)24(35)26(37)28(43-19)41-12-6-14(30)20-15(31)8-17(42-18(20)7-12)11-3-4-16(38-2)13(29)5-11/h3-7,10,17,19,21-30,32-37H,8-9H2,1-2H3/t10-,17-,19+,21-,22-,23-,24-,25-,26-,27+,28+/m0/s1. The third-order valence-corrected chi connectivity index (χ3v) is 7.70. The number of phenolic OH excluding ortho intramolecular Hbond substituents is 2. The number of aliphatic hydroxyl groups excluding tert-OH is 6. The number of methoxy groups -OCH3 is 1. The number of ether oxygens (including phenoxy) is 6. The Bertz CT molecular complexity index is 1320. The molecule has 15 heteroatoms. The van der Waals surface area contributed by atoms with Crippen molar-refractivity contribution in [3.8, 4) is 28.7 Å². The van der Waals surface area contributed by atoms with Crippen LogP contribution in [0.5, 0.6) is 28.7 Å². The van der Waals surface area contributed by atoms with E-state index in [2.05, 4.69) is 0 Å². The van der Waals surface area contributed by atoms with Gasteiger partial charge in [-0.15, -0.1) is 0 Å². The molecule has 15 nitrogen and oxygen atoms in total. The highest BCUT2D eigenvalue weighted by Crippen LogP contribution is 2.43. The topological polar surface area (TPSA) is 234 Å². The molecule has 0 aliphatic carbocycles. The lowest BCUT2D eigenvalue weighted by atomic mass is 9.95. The highest BCUT2D eigenvalue weighted by Gasteiger charge is 2.47. The lowest BCUT2D eigenvalue weighted by molar-refractivity contribution is -0.318. The molecule has 43 heavy (non-hydrogen) atoms. The van der Waals surface area contributed by atoms with Crippen molar-refractivity contribution < 1.29 is 74.1 Å². The second-order valence-electron chi connectivity index (χ2n) is 10.6. The summed E-state index contributed by atoms with van der Waals surface area (Å²) in [5.74, 6) is -0.999. The van der Waals surface area contributed by atoms with E-state index in [1.54, 1.807) is 6.07 Å². The summed E-state index contributed by atoms with van der Waals surface area (Å²) in [6, 6.07) is 6.90. The number of benzene rings is 2. The first-order valence-electron chi connectivity index (χ1n) is 13.5. The first-order valence-corrected chi connectivity index (χ1v) is 13.5. The first kappa shape index (κ1) is 31.2. The maximum absolute atomic E-state index is 12.9. The molecular formula is C28H34O15. The Kier molecular flexibility index (Phi) is 8.99. The monoisotopic (exact) mass is 610 g/mol. The predicted molar refractivity (Wildman–Crippen MR) is 141 cm³/mol. The highest BCUT2D eigenvalue weighted by atomic mass is 16.7. The fourth-order valence-electron chi connectivity index (χ4n) is 5.20. The van der Waals surface area contributed by atoms with Gasteiger partial charge in [0.2, 0.25) is 6.29 Å². The van der Waals surface area contributed by atoms with Crippen LogP contribution in [0.4, 0.5) is 0 Å². The van der Waals surface area contributed by atoms with Crippen molar-refractivity contribution in [2.45, 2.75) is 80.9 Å². The van der Waals surface area contributed by atoms with Gasteiger partial charge in [-0.05, 0) is 24.6 Å². The maximum atomic E-state index is 12.9. The second kappa shape index (κ2) is 12.4. The quantitative estimate of drug-likeness (QED) is 0.185. The van der Waals surface area contributed by atoms with Gasteiger partial charge in [-0.1, -0.05) is 6.07 Å². The number of hydrogen-bond donors (Lipinski definition) is 8. The van der Waals surface area contributed by atoms with E-state index >= 15 is 0 Å². The molecule has 11 atom stereocenters. The van der Waals surface area contributed by atoms with Gasteiger partial charge in [0.1, 0.15) is 71.6 Å². The molecule has 2 saturated heterocycles. The lowest BCUT2D eigenvalue weighted by Crippen LogP contribution is -2.61. The van der Waals surface area contributed by atoms with Crippen LogP contribution in [0.1, 0.15) is 35.4 Å². The number of aliphatic hydroxyl groups is 6. The highest BCUT2D eigenvalue weighted by molar-refractivity contribution is 6.02. The van der Waals surface area contributed by atoms with E-state index in [0.29, 0.717) is 5.56 Å². The van der Waals surface area contributed by atoms with E-state index in [-0.39, 0.29) is 35.0 Å². The van der Waals surface area contributed by atoms with Gasteiger partial charge >= 0.3 is 0 Å². The average Bonchev–Trinajstić information content (AvgIpc) is 2.97. The van der Waals surface area contributed by atoms with Crippen molar-refractivity contribution in [2.75, 3.05) is 13.7 Å². The Morgan fingerprint density at radius 3 is 2.23 bits per heavy atom. The number of rotatable bonds is 7. The Morgan fingerprint density at radius 2 is 1.53 bits per heavy atom. The van der Waals surface area contributed by atoms with Gasteiger partial charge in [0, 0.05) is 12.1 Å². The molecule has 0 bridgehead atoms. The molecule has 0 aromatic heterocycles. The summed E-state index contributed by atoms with van der Waals surface area (Å²) in [6.07, 6.45) is -15.9. The minimum absolute atomic E-state index is 0.0457. The molecule has 0 spiro atoms. The number of phenols is 2. The van der Waals surface area contributed by atoms with E-state index in [0.717, 1.165) is 6.07 Å². The molecular weight excluding hydrogens is 576 g/mol. The normalized spacial score (nSPS) is 36.0. The molecule has 2 fully saturated rings. The van der Waals surface area contributed by atoms with E-state index in [1.807, 2.05) is 0 Å². The number of aromatic hydroxyl groups is 2. The van der Waals surface area contributed by atoms with Crippen molar-refractivity contribution in [1.82, 2.24) is 0 Å². The lowest BCUT2D eigenvalue weighted by Gasteiger charge is -2.42. The van der Waals surface area contributed by atoms with E-state index in [4.69, 9.17) is 28.4 Å². The third-order valence-electron chi connectivity index (χ3n) is 7.70. The SMILES string of the molecule is COc1ccc([C@@H]2CC(=O)c3c(O)cc(O[C@@H]4O[C@H](CO[C@@H]5O[C@@H](C)[C@H](O)[C@H](O)[C@@H]5O)[C@H](O)[C@H](O)[C@@H]4O)cc3O2)cc1O. The number of carbonyl (C=O) groups excluding carboxylic acids is 1. The summed E-state index contributed by atoms with van der Waals surface area (Å²) in [5.41, 5.74) is 0.373. The van der Waals surface area contributed by atoms with Crippen LogP contribution in [-0.4, -0.2) is 122 Å². The summed E-state index contributed by atoms with van der Waals surface area (Å²) in [5, 5.41) is 82.2. The van der Waals surface area contributed by atoms with Crippen molar-refractivity contribution >= 4 is 5.78 Å². The second-order valence-corrected chi connectivity index (χ2v) is 10.6. The maximum Gasteiger partial charge on any atom is 0.229 e. The van der Waals surface area contributed by atoms with E-state index in [1.165, 1.54) is 32.2 Å². The smallest absolute Gasteiger partial charge is 0.229 e. The molecule has 0 unspecified atom stereocenters. The number of hydrogen-bond acceptors (Lipinski definition) is 15. The van der Waals surface area contributed by atoms with Crippen molar-refractivity contribution in [1.29, 1.82) is 0 Å². The first-order chi connectivity index (χ1) is 20.4. The largest absolute Gasteiger partial charge is 0.507 e. The summed E-state index contributed by atoms with van der Waals surface area (Å²) in [6.45, 7) is 0.964. The zero-order valence-electron chi connectivity index (χ0n) is 23.1. The number of fused-ring (bicyclic) bond motifs is 1. The van der Waals surface area contributed by atoms with E-state index in [9.17, 15) is 45.6 Å². The van der Waals surface area contributed by atoms with Crippen LogP contribution in [0.3, 0.4) is 0 Å². The molecule has 3 aliphatic heterocycles. The molecule has 5 rings (SSSR count). The summed E-state index contributed by atoms with van der Waals surface area (Å²) >= 11 is 0. The number of carbonyl (C=O) groups is 1. The minimum atomic E-state index is -1.77. The zero-order chi connectivity index (χ0) is 31.2. The van der Waals surface area contributed by atoms with Gasteiger partial charge in [-0.25, -0.2) is 0 Å². The zero-order valence-corrected chi connectivity index (χ0v) is 23.1. The minimum Gasteiger partial charge on any atom is -0.507 e. The summed E-state index contributed by atoms with van der Waals surface area (Å²) in [4.78, 5) is 12.9. The van der Waals surface area contributed by atoms with E-state index < -0.39 is 85.7 Å².